The highest BCUT2D eigenvalue weighted by Gasteiger charge is 2.31. The minimum atomic E-state index is -1.18. The van der Waals surface area contributed by atoms with Crippen molar-refractivity contribution in [2.75, 3.05) is 37.5 Å². The molecule has 2 rings (SSSR count). The number of rotatable bonds is 7. The summed E-state index contributed by atoms with van der Waals surface area (Å²) in [4.78, 5) is 8.75. The molecule has 106 valence electrons. The van der Waals surface area contributed by atoms with E-state index in [2.05, 4.69) is 20.6 Å². The predicted octanol–water partition coefficient (Wildman–Crippen LogP) is -0.477. The summed E-state index contributed by atoms with van der Waals surface area (Å²) in [5.74, 6) is 2.29. The molecule has 0 aliphatic heterocycles. The number of aliphatic hydroxyl groups excluding tert-OH is 3. The summed E-state index contributed by atoms with van der Waals surface area (Å²) in [7, 11) is 1.76. The van der Waals surface area contributed by atoms with Crippen molar-refractivity contribution in [3.63, 3.8) is 0 Å². The second-order valence-electron chi connectivity index (χ2n) is 4.90. The zero-order valence-electron chi connectivity index (χ0n) is 10.9. The van der Waals surface area contributed by atoms with Gasteiger partial charge in [0, 0.05) is 19.0 Å². The van der Waals surface area contributed by atoms with E-state index in [1.54, 1.807) is 13.1 Å². The maximum absolute atomic E-state index is 9.31. The van der Waals surface area contributed by atoms with Gasteiger partial charge in [0.05, 0.1) is 19.8 Å². The van der Waals surface area contributed by atoms with Crippen molar-refractivity contribution >= 4 is 11.6 Å². The Bertz CT molecular complexity index is 425. The normalized spacial score (nSPS) is 15.4. The fourth-order valence-corrected chi connectivity index (χ4v) is 1.72. The van der Waals surface area contributed by atoms with Crippen LogP contribution in [-0.4, -0.2) is 57.7 Å². The molecule has 1 aromatic heterocycles. The van der Waals surface area contributed by atoms with Crippen molar-refractivity contribution in [1.29, 1.82) is 0 Å². The second kappa shape index (κ2) is 5.68. The SMILES string of the molecule is CNc1cc(NC(CO)(CO)CO)nc(C2CC2)n1. The highest BCUT2D eigenvalue weighted by Crippen LogP contribution is 2.38. The summed E-state index contributed by atoms with van der Waals surface area (Å²) in [5.41, 5.74) is -1.18. The van der Waals surface area contributed by atoms with Gasteiger partial charge in [-0.2, -0.15) is 0 Å². The van der Waals surface area contributed by atoms with E-state index in [-0.39, 0.29) is 0 Å². The smallest absolute Gasteiger partial charge is 0.136 e. The van der Waals surface area contributed by atoms with Gasteiger partial charge in [-0.25, -0.2) is 9.97 Å². The molecule has 0 bridgehead atoms. The van der Waals surface area contributed by atoms with Gasteiger partial charge in [-0.3, -0.25) is 0 Å². The van der Waals surface area contributed by atoms with Gasteiger partial charge in [0.25, 0.3) is 0 Å². The summed E-state index contributed by atoms with van der Waals surface area (Å²) in [6.07, 6.45) is 2.16. The second-order valence-corrected chi connectivity index (χ2v) is 4.90. The summed E-state index contributed by atoms with van der Waals surface area (Å²) < 4.78 is 0. The van der Waals surface area contributed by atoms with Crippen LogP contribution in [0.5, 0.6) is 0 Å². The zero-order valence-corrected chi connectivity index (χ0v) is 10.9. The lowest BCUT2D eigenvalue weighted by atomic mass is 10.0. The fourth-order valence-electron chi connectivity index (χ4n) is 1.72. The van der Waals surface area contributed by atoms with Crippen molar-refractivity contribution in [3.8, 4) is 0 Å². The number of hydrogen-bond donors (Lipinski definition) is 5. The van der Waals surface area contributed by atoms with Gasteiger partial charge in [-0.05, 0) is 12.8 Å². The molecular weight excluding hydrogens is 248 g/mol. The molecular formula is C12H20N4O3. The van der Waals surface area contributed by atoms with Crippen LogP contribution in [0.2, 0.25) is 0 Å². The van der Waals surface area contributed by atoms with E-state index in [4.69, 9.17) is 0 Å². The van der Waals surface area contributed by atoms with Gasteiger partial charge in [0.1, 0.15) is 23.0 Å². The van der Waals surface area contributed by atoms with Gasteiger partial charge in [-0.15, -0.1) is 0 Å². The lowest BCUT2D eigenvalue weighted by Crippen LogP contribution is -2.49. The van der Waals surface area contributed by atoms with E-state index in [1.807, 2.05) is 0 Å². The number of aliphatic hydroxyl groups is 3. The number of hydrogen-bond acceptors (Lipinski definition) is 7. The summed E-state index contributed by atoms with van der Waals surface area (Å²) >= 11 is 0. The van der Waals surface area contributed by atoms with Crippen molar-refractivity contribution in [3.05, 3.63) is 11.9 Å². The molecule has 0 aromatic carbocycles. The first kappa shape index (κ1) is 14.0. The van der Waals surface area contributed by atoms with Crippen LogP contribution in [0, 0.1) is 0 Å². The molecule has 1 saturated carbocycles. The Kier molecular flexibility index (Phi) is 4.18. The Labute approximate surface area is 111 Å². The van der Waals surface area contributed by atoms with Gasteiger partial charge in [0.2, 0.25) is 0 Å². The van der Waals surface area contributed by atoms with Gasteiger partial charge >= 0.3 is 0 Å². The molecule has 0 unspecified atom stereocenters. The third-order valence-electron chi connectivity index (χ3n) is 3.24. The van der Waals surface area contributed by atoms with Crippen molar-refractivity contribution in [2.45, 2.75) is 24.3 Å². The molecule has 7 nitrogen and oxygen atoms in total. The first-order valence-electron chi connectivity index (χ1n) is 6.34. The van der Waals surface area contributed by atoms with Gasteiger partial charge < -0.3 is 26.0 Å². The summed E-state index contributed by atoms with van der Waals surface area (Å²) in [5, 5.41) is 33.8. The van der Waals surface area contributed by atoms with E-state index >= 15 is 0 Å². The summed E-state index contributed by atoms with van der Waals surface area (Å²) in [6, 6.07) is 1.68. The Hall–Kier alpha value is -1.44. The predicted molar refractivity (Wildman–Crippen MR) is 71.2 cm³/mol. The number of anilines is 2. The van der Waals surface area contributed by atoms with E-state index in [9.17, 15) is 15.3 Å². The van der Waals surface area contributed by atoms with Crippen molar-refractivity contribution in [2.24, 2.45) is 0 Å². The number of nitrogens with one attached hydrogen (secondary N) is 2. The molecule has 1 aliphatic carbocycles. The molecule has 1 heterocycles. The van der Waals surface area contributed by atoms with Crippen LogP contribution in [0.3, 0.4) is 0 Å². The van der Waals surface area contributed by atoms with E-state index in [0.29, 0.717) is 17.6 Å². The van der Waals surface area contributed by atoms with E-state index < -0.39 is 25.4 Å². The quantitative estimate of drug-likeness (QED) is 0.454. The Balaban J connectivity index is 2.25. The zero-order chi connectivity index (χ0) is 13.9. The maximum atomic E-state index is 9.31. The first-order valence-corrected chi connectivity index (χ1v) is 6.34. The Morgan fingerprint density at radius 1 is 1.16 bits per heavy atom. The molecule has 0 saturated heterocycles. The van der Waals surface area contributed by atoms with Crippen LogP contribution in [0.25, 0.3) is 0 Å². The molecule has 0 spiro atoms. The maximum Gasteiger partial charge on any atom is 0.136 e. The lowest BCUT2D eigenvalue weighted by Gasteiger charge is -2.29. The molecule has 1 aliphatic rings. The van der Waals surface area contributed by atoms with Crippen LogP contribution in [-0.2, 0) is 0 Å². The van der Waals surface area contributed by atoms with E-state index in [1.165, 1.54) is 0 Å². The molecule has 1 aromatic rings. The van der Waals surface area contributed by atoms with Crippen LogP contribution in [0.1, 0.15) is 24.6 Å². The first-order chi connectivity index (χ1) is 9.16. The monoisotopic (exact) mass is 268 g/mol. The molecule has 19 heavy (non-hydrogen) atoms. The van der Waals surface area contributed by atoms with Crippen LogP contribution < -0.4 is 10.6 Å². The van der Waals surface area contributed by atoms with Crippen molar-refractivity contribution in [1.82, 2.24) is 9.97 Å². The van der Waals surface area contributed by atoms with Gasteiger partial charge in [0.15, 0.2) is 0 Å². The fraction of sp³-hybridized carbons (Fsp3) is 0.667. The molecule has 5 N–H and O–H groups in total. The van der Waals surface area contributed by atoms with Crippen LogP contribution >= 0.6 is 0 Å². The summed E-state index contributed by atoms with van der Waals surface area (Å²) in [6.45, 7) is -1.17. The number of nitrogens with zero attached hydrogens (tertiary/aromatic N) is 2. The van der Waals surface area contributed by atoms with Crippen molar-refractivity contribution < 1.29 is 15.3 Å². The molecule has 1 fully saturated rings. The lowest BCUT2D eigenvalue weighted by molar-refractivity contribution is 0.0831. The third kappa shape index (κ3) is 3.12. The average Bonchev–Trinajstić information content (AvgIpc) is 3.29. The highest BCUT2D eigenvalue weighted by atomic mass is 16.3. The topological polar surface area (TPSA) is 111 Å². The number of aromatic nitrogens is 2. The average molecular weight is 268 g/mol. The highest BCUT2D eigenvalue weighted by molar-refractivity contribution is 5.49. The molecule has 0 radical (unpaired) electrons. The standard InChI is InChI=1S/C12H20N4O3/c1-13-9-4-10(15-11(14-9)8-2-3-8)16-12(5-17,6-18)7-19/h4,8,17-19H,2-3,5-7H2,1H3,(H2,13,14,15,16). The van der Waals surface area contributed by atoms with E-state index in [0.717, 1.165) is 18.7 Å². The van der Waals surface area contributed by atoms with Crippen LogP contribution in [0.4, 0.5) is 11.6 Å². The molecule has 0 amide bonds. The van der Waals surface area contributed by atoms with Gasteiger partial charge in [-0.1, -0.05) is 0 Å². The Morgan fingerprint density at radius 2 is 1.74 bits per heavy atom. The Morgan fingerprint density at radius 3 is 2.21 bits per heavy atom. The molecule has 7 heteroatoms. The van der Waals surface area contributed by atoms with Crippen LogP contribution in [0.15, 0.2) is 6.07 Å². The minimum Gasteiger partial charge on any atom is -0.394 e. The largest absolute Gasteiger partial charge is 0.394 e. The molecule has 0 atom stereocenters. The third-order valence-corrected chi connectivity index (χ3v) is 3.24. The minimum absolute atomic E-state index is 0.389.